The molecule has 1 saturated heterocycles. The Morgan fingerprint density at radius 2 is 1.74 bits per heavy atom. The molecule has 0 spiro atoms. The Balaban J connectivity index is 1.36. The van der Waals surface area contributed by atoms with Crippen molar-refractivity contribution in [2.45, 2.75) is 31.8 Å². The molecule has 1 aliphatic rings. The van der Waals surface area contributed by atoms with Crippen molar-refractivity contribution in [3.05, 3.63) is 59.1 Å². The summed E-state index contributed by atoms with van der Waals surface area (Å²) in [7, 11) is 0. The number of hydrogen-bond acceptors (Lipinski definition) is 5. The number of nitrogens with one attached hydrogen (secondary N) is 3. The highest BCUT2D eigenvalue weighted by Gasteiger charge is 2.16. The van der Waals surface area contributed by atoms with Crippen molar-refractivity contribution in [2.75, 3.05) is 18.5 Å². The predicted octanol–water partition coefficient (Wildman–Crippen LogP) is 3.08. The molecule has 0 aliphatic carbocycles. The summed E-state index contributed by atoms with van der Waals surface area (Å²) in [5.74, 6) is -0.674. The molecule has 3 rings (SSSR count). The van der Waals surface area contributed by atoms with E-state index in [2.05, 4.69) is 16.2 Å². The maximum atomic E-state index is 12.2. The molecule has 2 aromatic rings. The van der Waals surface area contributed by atoms with Gasteiger partial charge in [-0.1, -0.05) is 23.7 Å². The minimum absolute atomic E-state index is 0.0519. The molecule has 0 radical (unpaired) electrons. The van der Waals surface area contributed by atoms with Crippen LogP contribution in [0, 0.1) is 0 Å². The van der Waals surface area contributed by atoms with Gasteiger partial charge >= 0.3 is 0 Å². The van der Waals surface area contributed by atoms with E-state index in [1.54, 1.807) is 48.5 Å². The van der Waals surface area contributed by atoms with Crippen LogP contribution < -0.4 is 20.9 Å². The Morgan fingerprint density at radius 3 is 2.45 bits per heavy atom. The summed E-state index contributed by atoms with van der Waals surface area (Å²) < 4.78 is 11.2. The summed E-state index contributed by atoms with van der Waals surface area (Å²) in [6.45, 7) is 1.25. The summed E-state index contributed by atoms with van der Waals surface area (Å²) in [5.41, 5.74) is 5.46. The van der Waals surface area contributed by atoms with Crippen molar-refractivity contribution in [3.8, 4) is 5.75 Å². The monoisotopic (exact) mass is 445 g/mol. The molecule has 0 saturated carbocycles. The minimum Gasteiger partial charge on any atom is -0.491 e. The van der Waals surface area contributed by atoms with Crippen LogP contribution in [0.1, 0.15) is 36.0 Å². The van der Waals surface area contributed by atoms with Gasteiger partial charge < -0.3 is 14.8 Å². The molecule has 0 aromatic heterocycles. The summed E-state index contributed by atoms with van der Waals surface area (Å²) >= 11 is 5.98. The van der Waals surface area contributed by atoms with E-state index in [-0.39, 0.29) is 24.9 Å². The first-order valence-electron chi connectivity index (χ1n) is 9.99. The van der Waals surface area contributed by atoms with Gasteiger partial charge in [-0.3, -0.25) is 25.2 Å². The molecule has 3 N–H and O–H groups in total. The Morgan fingerprint density at radius 1 is 1.00 bits per heavy atom. The average molecular weight is 446 g/mol. The van der Waals surface area contributed by atoms with Crippen LogP contribution in [0.5, 0.6) is 5.75 Å². The molecule has 31 heavy (non-hydrogen) atoms. The number of anilines is 1. The average Bonchev–Trinajstić information content (AvgIpc) is 3.30. The van der Waals surface area contributed by atoms with Crippen molar-refractivity contribution < 1.29 is 23.9 Å². The molecule has 1 aliphatic heterocycles. The summed E-state index contributed by atoms with van der Waals surface area (Å²) in [5, 5.41) is 3.04. The minimum atomic E-state index is -0.487. The summed E-state index contributed by atoms with van der Waals surface area (Å²) in [6.07, 6.45) is 2.01. The molecule has 9 heteroatoms. The van der Waals surface area contributed by atoms with E-state index in [1.165, 1.54) is 0 Å². The first kappa shape index (κ1) is 22.6. The van der Waals surface area contributed by atoms with Crippen molar-refractivity contribution >= 4 is 35.0 Å². The van der Waals surface area contributed by atoms with Crippen molar-refractivity contribution in [2.24, 2.45) is 0 Å². The third-order valence-electron chi connectivity index (χ3n) is 4.62. The Kier molecular flexibility index (Phi) is 8.26. The molecule has 3 amide bonds. The molecule has 1 unspecified atom stereocenters. The number of benzene rings is 2. The molecule has 164 valence electrons. The molecule has 1 heterocycles. The Labute approximate surface area is 185 Å². The number of hydrogen-bond donors (Lipinski definition) is 3. The van der Waals surface area contributed by atoms with E-state index in [9.17, 15) is 14.4 Å². The largest absolute Gasteiger partial charge is 0.491 e. The zero-order chi connectivity index (χ0) is 22.1. The van der Waals surface area contributed by atoms with Crippen LogP contribution in [0.3, 0.4) is 0 Å². The van der Waals surface area contributed by atoms with Crippen LogP contribution in [0.4, 0.5) is 5.69 Å². The van der Waals surface area contributed by atoms with Gasteiger partial charge in [0.1, 0.15) is 12.4 Å². The van der Waals surface area contributed by atoms with Gasteiger partial charge in [0, 0.05) is 25.0 Å². The van der Waals surface area contributed by atoms with E-state index < -0.39 is 11.8 Å². The number of hydrazine groups is 1. The van der Waals surface area contributed by atoms with E-state index in [0.717, 1.165) is 19.4 Å². The fourth-order valence-electron chi connectivity index (χ4n) is 2.93. The standard InChI is InChI=1S/C22H24ClN3O5/c23-18-5-1-2-6-19(18)24-20(27)11-12-21(28)25-26-22(29)15-7-9-16(10-8-15)31-14-17-4-3-13-30-17/h1-2,5-10,17H,3-4,11-14H2,(H,24,27)(H,25,28)(H,26,29). The SMILES string of the molecule is O=C(CCC(=O)Nc1ccccc1Cl)NNC(=O)c1ccc(OCC2CCCO2)cc1. The first-order chi connectivity index (χ1) is 15.0. The number of halogens is 1. The maximum absolute atomic E-state index is 12.2. The second-order valence-corrected chi connectivity index (χ2v) is 7.41. The molecular weight excluding hydrogens is 422 g/mol. The zero-order valence-electron chi connectivity index (χ0n) is 16.9. The lowest BCUT2D eigenvalue weighted by atomic mass is 10.2. The maximum Gasteiger partial charge on any atom is 0.269 e. The second kappa shape index (κ2) is 11.3. The van der Waals surface area contributed by atoms with Gasteiger partial charge in [-0.15, -0.1) is 0 Å². The third-order valence-corrected chi connectivity index (χ3v) is 4.95. The molecule has 2 aromatic carbocycles. The number of carbonyl (C=O) groups is 3. The molecule has 0 bridgehead atoms. The molecular formula is C22H24ClN3O5. The number of ether oxygens (including phenoxy) is 2. The van der Waals surface area contributed by atoms with Crippen LogP contribution >= 0.6 is 11.6 Å². The molecule has 1 fully saturated rings. The van der Waals surface area contributed by atoms with Crippen molar-refractivity contribution in [1.82, 2.24) is 10.9 Å². The van der Waals surface area contributed by atoms with Crippen LogP contribution in [-0.4, -0.2) is 37.0 Å². The quantitative estimate of drug-likeness (QED) is 0.541. The normalized spacial score (nSPS) is 15.2. The van der Waals surface area contributed by atoms with Crippen LogP contribution in [0.15, 0.2) is 48.5 Å². The fraction of sp³-hybridized carbons (Fsp3) is 0.318. The van der Waals surface area contributed by atoms with Crippen molar-refractivity contribution in [1.29, 1.82) is 0 Å². The number of carbonyl (C=O) groups excluding carboxylic acids is 3. The van der Waals surface area contributed by atoms with Gasteiger partial charge in [0.2, 0.25) is 11.8 Å². The van der Waals surface area contributed by atoms with E-state index in [4.69, 9.17) is 21.1 Å². The zero-order valence-corrected chi connectivity index (χ0v) is 17.6. The van der Waals surface area contributed by atoms with Gasteiger partial charge in [0.25, 0.3) is 5.91 Å². The predicted molar refractivity (Wildman–Crippen MR) is 116 cm³/mol. The van der Waals surface area contributed by atoms with E-state index in [0.29, 0.717) is 28.6 Å². The number of rotatable bonds is 8. The smallest absolute Gasteiger partial charge is 0.269 e. The summed E-state index contributed by atoms with van der Waals surface area (Å²) in [6, 6.07) is 13.4. The lowest BCUT2D eigenvalue weighted by molar-refractivity contribution is -0.124. The van der Waals surface area contributed by atoms with Gasteiger partial charge in [0.15, 0.2) is 0 Å². The fourth-order valence-corrected chi connectivity index (χ4v) is 3.11. The lowest BCUT2D eigenvalue weighted by Gasteiger charge is -2.12. The van der Waals surface area contributed by atoms with Gasteiger partial charge in [-0.05, 0) is 49.2 Å². The third kappa shape index (κ3) is 7.27. The molecule has 8 nitrogen and oxygen atoms in total. The highest BCUT2D eigenvalue weighted by molar-refractivity contribution is 6.33. The van der Waals surface area contributed by atoms with Crippen LogP contribution in [0.2, 0.25) is 5.02 Å². The highest BCUT2D eigenvalue weighted by atomic mass is 35.5. The lowest BCUT2D eigenvalue weighted by Crippen LogP contribution is -2.41. The van der Waals surface area contributed by atoms with Gasteiger partial charge in [-0.25, -0.2) is 0 Å². The van der Waals surface area contributed by atoms with Gasteiger partial charge in [0.05, 0.1) is 16.8 Å². The van der Waals surface area contributed by atoms with E-state index in [1.807, 2.05) is 0 Å². The van der Waals surface area contributed by atoms with Gasteiger partial charge in [-0.2, -0.15) is 0 Å². The van der Waals surface area contributed by atoms with Crippen LogP contribution in [0.25, 0.3) is 0 Å². The molecule has 1 atom stereocenters. The first-order valence-corrected chi connectivity index (χ1v) is 10.4. The summed E-state index contributed by atoms with van der Waals surface area (Å²) in [4.78, 5) is 36.0. The Hall–Kier alpha value is -3.10. The number of para-hydroxylation sites is 1. The van der Waals surface area contributed by atoms with Crippen molar-refractivity contribution in [3.63, 3.8) is 0 Å². The van der Waals surface area contributed by atoms with Crippen LogP contribution in [-0.2, 0) is 14.3 Å². The second-order valence-electron chi connectivity index (χ2n) is 7.00. The van der Waals surface area contributed by atoms with E-state index >= 15 is 0 Å². The Bertz CT molecular complexity index is 914. The topological polar surface area (TPSA) is 106 Å². The highest BCUT2D eigenvalue weighted by Crippen LogP contribution is 2.20. The number of amides is 3.